The first-order chi connectivity index (χ1) is 25.2. The SMILES string of the molecule is CCn1nc(C)cc1C(=O)N=c1n(C)c2cc(C(N)=O)ccc2n1CCCC(C)n1c(=NC(=O)c2cc(C)nn2CC)n(C)c2cc(C(N)=O)ccc21. The molecule has 276 valence electrons. The van der Waals surface area contributed by atoms with Crippen molar-refractivity contribution in [3.8, 4) is 0 Å². The van der Waals surface area contributed by atoms with Crippen molar-refractivity contribution in [2.24, 2.45) is 35.5 Å². The molecule has 4 amide bonds. The van der Waals surface area contributed by atoms with Crippen LogP contribution in [0.1, 0.15) is 92.7 Å². The molecule has 1 atom stereocenters. The van der Waals surface area contributed by atoms with E-state index in [1.54, 1.807) is 69.0 Å². The molecule has 53 heavy (non-hydrogen) atoms. The van der Waals surface area contributed by atoms with Crippen LogP contribution in [0.2, 0.25) is 0 Å². The first kappa shape index (κ1) is 36.5. The van der Waals surface area contributed by atoms with Crippen LogP contribution < -0.4 is 22.7 Å². The minimum atomic E-state index is -0.561. The Labute approximate surface area is 304 Å². The van der Waals surface area contributed by atoms with Gasteiger partial charge in [-0.1, -0.05) is 0 Å². The number of carbonyl (C=O) groups is 4. The predicted molar refractivity (Wildman–Crippen MR) is 198 cm³/mol. The summed E-state index contributed by atoms with van der Waals surface area (Å²) < 4.78 is 10.8. The third kappa shape index (κ3) is 6.74. The van der Waals surface area contributed by atoms with E-state index in [0.29, 0.717) is 88.6 Å². The first-order valence-electron chi connectivity index (χ1n) is 17.5. The van der Waals surface area contributed by atoms with Crippen LogP contribution in [0.25, 0.3) is 22.1 Å². The number of aryl methyl sites for hydroxylation is 7. The summed E-state index contributed by atoms with van der Waals surface area (Å²) in [5, 5.41) is 8.82. The van der Waals surface area contributed by atoms with Crippen LogP contribution in [0.15, 0.2) is 58.5 Å². The maximum absolute atomic E-state index is 13.6. The van der Waals surface area contributed by atoms with Gasteiger partial charge in [-0.15, -0.1) is 0 Å². The fourth-order valence-electron chi connectivity index (χ4n) is 6.90. The van der Waals surface area contributed by atoms with Crippen LogP contribution in [0, 0.1) is 13.8 Å². The summed E-state index contributed by atoms with van der Waals surface area (Å²) in [5.74, 6) is -2.00. The van der Waals surface area contributed by atoms with E-state index >= 15 is 0 Å². The molecule has 0 aliphatic rings. The second-order valence-electron chi connectivity index (χ2n) is 13.2. The summed E-state index contributed by atoms with van der Waals surface area (Å²) >= 11 is 0. The molecule has 4 aromatic heterocycles. The summed E-state index contributed by atoms with van der Waals surface area (Å²) in [5.41, 5.74) is 17.8. The van der Waals surface area contributed by atoms with Crippen molar-refractivity contribution in [2.75, 3.05) is 0 Å². The smallest absolute Gasteiger partial charge is 0.298 e. The van der Waals surface area contributed by atoms with E-state index in [1.165, 1.54) is 0 Å². The monoisotopic (exact) mass is 720 g/mol. The van der Waals surface area contributed by atoms with Gasteiger partial charge in [0.1, 0.15) is 11.4 Å². The fraction of sp³-hybridized carbons (Fsp3) is 0.351. The highest BCUT2D eigenvalue weighted by atomic mass is 16.2. The molecule has 2 aromatic carbocycles. The van der Waals surface area contributed by atoms with Gasteiger partial charge in [0.2, 0.25) is 23.1 Å². The number of imidazole rings is 2. The normalized spacial score (nSPS) is 13.0. The summed E-state index contributed by atoms with van der Waals surface area (Å²) in [7, 11) is 3.59. The molecule has 0 spiro atoms. The van der Waals surface area contributed by atoms with Crippen LogP contribution in [-0.4, -0.2) is 61.5 Å². The third-order valence-corrected chi connectivity index (χ3v) is 9.54. The Morgan fingerprint density at radius 1 is 0.698 bits per heavy atom. The average Bonchev–Trinajstić information content (AvgIpc) is 3.85. The van der Waals surface area contributed by atoms with Gasteiger partial charge >= 0.3 is 0 Å². The number of aromatic nitrogens is 8. The number of primary amides is 2. The number of nitrogens with two attached hydrogens (primary N) is 2. The van der Waals surface area contributed by atoms with Gasteiger partial charge in [0.25, 0.3) is 11.8 Å². The maximum atomic E-state index is 13.6. The van der Waals surface area contributed by atoms with Gasteiger partial charge < -0.3 is 29.7 Å². The predicted octanol–water partition coefficient (Wildman–Crippen LogP) is 3.04. The van der Waals surface area contributed by atoms with E-state index in [0.717, 1.165) is 11.0 Å². The number of fused-ring (bicyclic) bond motifs is 2. The molecule has 4 heterocycles. The Bertz CT molecular complexity index is 2590. The van der Waals surface area contributed by atoms with Crippen LogP contribution in [0.5, 0.6) is 0 Å². The van der Waals surface area contributed by atoms with E-state index in [9.17, 15) is 19.2 Å². The zero-order valence-electron chi connectivity index (χ0n) is 31.0. The average molecular weight is 721 g/mol. The van der Waals surface area contributed by atoms with E-state index in [4.69, 9.17) is 11.5 Å². The van der Waals surface area contributed by atoms with Gasteiger partial charge in [0.15, 0.2) is 0 Å². The van der Waals surface area contributed by atoms with Crippen molar-refractivity contribution >= 4 is 45.7 Å². The largest absolute Gasteiger partial charge is 0.366 e. The molecule has 0 saturated heterocycles. The molecule has 0 aliphatic carbocycles. The molecule has 16 nitrogen and oxygen atoms in total. The number of rotatable bonds is 11. The first-order valence-corrected chi connectivity index (χ1v) is 17.5. The lowest BCUT2D eigenvalue weighted by Gasteiger charge is -2.16. The number of amides is 4. The molecular weight excluding hydrogens is 676 g/mol. The molecule has 0 aliphatic heterocycles. The van der Waals surface area contributed by atoms with E-state index in [1.807, 2.05) is 55.9 Å². The Balaban J connectivity index is 1.41. The van der Waals surface area contributed by atoms with Crippen molar-refractivity contribution in [1.82, 2.24) is 37.8 Å². The van der Waals surface area contributed by atoms with Crippen molar-refractivity contribution in [3.05, 3.63) is 93.7 Å². The standard InChI is InChI=1S/C37H44N12O4/c1-8-47-30(17-21(3)42-47)34(52)40-36-44(6)28-19-24(32(38)50)12-14-26(28)46(36)16-10-11-23(5)49-27-15-13-25(33(39)51)20-29(27)45(7)37(49)41-35(53)31-18-22(4)43-48(31)9-2/h12-15,17-20,23H,8-11,16H2,1-7H3,(H2,38,50)(H2,39,51). The Hall–Kier alpha value is -6.32. The fourth-order valence-corrected chi connectivity index (χ4v) is 6.90. The van der Waals surface area contributed by atoms with Crippen molar-refractivity contribution in [1.29, 1.82) is 0 Å². The summed E-state index contributed by atoms with van der Waals surface area (Å²) in [4.78, 5) is 60.6. The van der Waals surface area contributed by atoms with Crippen molar-refractivity contribution < 1.29 is 19.2 Å². The van der Waals surface area contributed by atoms with Gasteiger partial charge in [-0.25, -0.2) is 0 Å². The van der Waals surface area contributed by atoms with E-state index in [-0.39, 0.29) is 6.04 Å². The lowest BCUT2D eigenvalue weighted by atomic mass is 10.1. The van der Waals surface area contributed by atoms with Crippen LogP contribution in [0.3, 0.4) is 0 Å². The summed E-state index contributed by atoms with van der Waals surface area (Å²) in [6, 6.07) is 13.6. The van der Waals surface area contributed by atoms with E-state index < -0.39 is 23.6 Å². The number of benzene rings is 2. The zero-order valence-corrected chi connectivity index (χ0v) is 31.0. The highest BCUT2D eigenvalue weighted by molar-refractivity contribution is 5.98. The topological polar surface area (TPSA) is 200 Å². The van der Waals surface area contributed by atoms with Gasteiger partial charge in [-0.2, -0.15) is 20.2 Å². The summed E-state index contributed by atoms with van der Waals surface area (Å²) in [6.07, 6.45) is 1.26. The molecule has 0 fully saturated rings. The quantitative estimate of drug-likeness (QED) is 0.206. The number of nitrogens with zero attached hydrogens (tertiary/aromatic N) is 10. The molecule has 6 rings (SSSR count). The zero-order chi connectivity index (χ0) is 38.3. The van der Waals surface area contributed by atoms with Crippen molar-refractivity contribution in [2.45, 2.75) is 73.1 Å². The van der Waals surface area contributed by atoms with E-state index in [2.05, 4.69) is 20.2 Å². The van der Waals surface area contributed by atoms with Crippen LogP contribution in [-0.2, 0) is 33.7 Å². The molecule has 16 heteroatoms. The number of hydrogen-bond donors (Lipinski definition) is 2. The Kier molecular flexibility index (Phi) is 9.88. The summed E-state index contributed by atoms with van der Waals surface area (Å²) in [6.45, 7) is 11.0. The lowest BCUT2D eigenvalue weighted by Crippen LogP contribution is -2.29. The second-order valence-corrected chi connectivity index (χ2v) is 13.2. The molecule has 0 radical (unpaired) electrons. The van der Waals surface area contributed by atoms with Gasteiger partial charge in [-0.3, -0.25) is 28.5 Å². The molecule has 0 bridgehead atoms. The van der Waals surface area contributed by atoms with Gasteiger partial charge in [0, 0.05) is 50.9 Å². The highest BCUT2D eigenvalue weighted by Crippen LogP contribution is 2.23. The van der Waals surface area contributed by atoms with Crippen molar-refractivity contribution in [3.63, 3.8) is 0 Å². The minimum Gasteiger partial charge on any atom is -0.366 e. The number of hydrogen-bond acceptors (Lipinski definition) is 6. The maximum Gasteiger partial charge on any atom is 0.298 e. The molecular formula is C37H44N12O4. The molecule has 1 unspecified atom stereocenters. The van der Waals surface area contributed by atoms with Gasteiger partial charge in [-0.05, 0) is 96.0 Å². The van der Waals surface area contributed by atoms with Crippen LogP contribution >= 0.6 is 0 Å². The minimum absolute atomic E-state index is 0.177. The number of carbonyl (C=O) groups excluding carboxylic acids is 4. The van der Waals surface area contributed by atoms with Crippen LogP contribution in [0.4, 0.5) is 0 Å². The molecule has 0 saturated carbocycles. The second kappa shape index (κ2) is 14.4. The highest BCUT2D eigenvalue weighted by Gasteiger charge is 2.21. The lowest BCUT2D eigenvalue weighted by molar-refractivity contribution is 0.0977. The Morgan fingerprint density at radius 2 is 1.17 bits per heavy atom. The molecule has 4 N–H and O–H groups in total. The Morgan fingerprint density at radius 3 is 1.68 bits per heavy atom. The van der Waals surface area contributed by atoms with Gasteiger partial charge in [0.05, 0.1) is 33.5 Å². The third-order valence-electron chi connectivity index (χ3n) is 9.54. The molecule has 6 aromatic rings.